The quantitative estimate of drug-likeness (QED) is 0.283. The third kappa shape index (κ3) is 4.30. The minimum Gasteiger partial charge on any atom is -0.465 e. The number of ether oxygens (including phenoxy) is 4. The van der Waals surface area contributed by atoms with Gasteiger partial charge in [-0.2, -0.15) is 0 Å². The molecule has 0 saturated heterocycles. The van der Waals surface area contributed by atoms with Gasteiger partial charge in [0.05, 0.1) is 29.4 Å². The van der Waals surface area contributed by atoms with Crippen LogP contribution >= 0.6 is 0 Å². The Morgan fingerprint density at radius 3 is 1.76 bits per heavy atom. The van der Waals surface area contributed by atoms with Crippen LogP contribution in [0.4, 0.5) is 0 Å². The van der Waals surface area contributed by atoms with E-state index in [0.29, 0.717) is 12.0 Å². The highest BCUT2D eigenvalue weighted by Crippen LogP contribution is 2.45. The van der Waals surface area contributed by atoms with E-state index in [1.807, 2.05) is 6.92 Å². The van der Waals surface area contributed by atoms with E-state index < -0.39 is 35.4 Å². The number of fused-ring (bicyclic) bond motifs is 3. The minimum absolute atomic E-state index is 0.142. The Hall–Kier alpha value is -4.86. The maximum Gasteiger partial charge on any atom is 0.338 e. The molecule has 1 aliphatic carbocycles. The van der Waals surface area contributed by atoms with Crippen molar-refractivity contribution in [1.29, 1.82) is 0 Å². The predicted octanol–water partition coefficient (Wildman–Crippen LogP) is 3.74. The van der Waals surface area contributed by atoms with Crippen molar-refractivity contribution in [3.63, 3.8) is 0 Å². The molecule has 0 fully saturated rings. The zero-order valence-electron chi connectivity index (χ0n) is 21.2. The van der Waals surface area contributed by atoms with Crippen LogP contribution in [0, 0.1) is 0 Å². The van der Waals surface area contributed by atoms with Crippen LogP contribution in [0.15, 0.2) is 30.3 Å². The van der Waals surface area contributed by atoms with Gasteiger partial charge in [0.15, 0.2) is 11.5 Å². The third-order valence-corrected chi connectivity index (χ3v) is 5.94. The van der Waals surface area contributed by atoms with Gasteiger partial charge in [0.25, 0.3) is 0 Å². The van der Waals surface area contributed by atoms with Gasteiger partial charge < -0.3 is 18.9 Å². The molecule has 0 saturated carbocycles. The first-order chi connectivity index (χ1) is 18.0. The second-order valence-corrected chi connectivity index (χ2v) is 8.42. The van der Waals surface area contributed by atoms with Crippen molar-refractivity contribution in [2.24, 2.45) is 0 Å². The first-order valence-electron chi connectivity index (χ1n) is 11.5. The second-order valence-electron chi connectivity index (χ2n) is 8.42. The molecular formula is C28H22O10. The highest BCUT2D eigenvalue weighted by atomic mass is 16.5. The SMILES string of the molecule is CCc1ccc2c(OC(C)=O)c3c(cc2c1C(=O)OC)C(=O)c1c(OC(C)=O)ccc(OC(C)=O)c1C3=O. The fraction of sp³-hybridized carbons (Fsp3) is 0.214. The molecular weight excluding hydrogens is 496 g/mol. The Morgan fingerprint density at radius 1 is 0.711 bits per heavy atom. The van der Waals surface area contributed by atoms with Crippen molar-refractivity contribution < 1.29 is 47.7 Å². The van der Waals surface area contributed by atoms with Crippen LogP contribution < -0.4 is 14.2 Å². The Morgan fingerprint density at radius 2 is 1.26 bits per heavy atom. The van der Waals surface area contributed by atoms with E-state index in [0.717, 1.165) is 20.8 Å². The van der Waals surface area contributed by atoms with Gasteiger partial charge in [0.2, 0.25) is 5.78 Å². The van der Waals surface area contributed by atoms with Crippen molar-refractivity contribution in [1.82, 2.24) is 0 Å². The topological polar surface area (TPSA) is 139 Å². The summed E-state index contributed by atoms with van der Waals surface area (Å²) < 4.78 is 20.8. The Kier molecular flexibility index (Phi) is 6.82. The van der Waals surface area contributed by atoms with Crippen LogP contribution in [-0.2, 0) is 25.5 Å². The molecule has 0 bridgehead atoms. The average molecular weight is 518 g/mol. The number of carbonyl (C=O) groups is 6. The molecule has 0 aliphatic heterocycles. The van der Waals surface area contributed by atoms with Gasteiger partial charge in [0, 0.05) is 37.1 Å². The number of aryl methyl sites for hydroxylation is 1. The highest BCUT2D eigenvalue weighted by molar-refractivity contribution is 6.33. The first-order valence-corrected chi connectivity index (χ1v) is 11.5. The molecule has 1 aliphatic rings. The maximum absolute atomic E-state index is 14.0. The number of hydrogen-bond donors (Lipinski definition) is 0. The zero-order chi connectivity index (χ0) is 27.9. The van der Waals surface area contributed by atoms with Crippen LogP contribution in [0.2, 0.25) is 0 Å². The number of methoxy groups -OCH3 is 1. The van der Waals surface area contributed by atoms with Gasteiger partial charge in [-0.25, -0.2) is 4.79 Å². The van der Waals surface area contributed by atoms with E-state index in [4.69, 9.17) is 18.9 Å². The van der Waals surface area contributed by atoms with E-state index in [1.165, 1.54) is 25.3 Å². The van der Waals surface area contributed by atoms with E-state index in [2.05, 4.69) is 0 Å². The Bertz CT molecular complexity index is 1600. The number of hydrogen-bond acceptors (Lipinski definition) is 10. The smallest absolute Gasteiger partial charge is 0.338 e. The summed E-state index contributed by atoms with van der Waals surface area (Å²) in [5.74, 6) is -5.26. The van der Waals surface area contributed by atoms with Gasteiger partial charge >= 0.3 is 23.9 Å². The zero-order valence-corrected chi connectivity index (χ0v) is 21.2. The van der Waals surface area contributed by atoms with Gasteiger partial charge in [-0.15, -0.1) is 0 Å². The van der Waals surface area contributed by atoms with E-state index in [9.17, 15) is 28.8 Å². The molecule has 0 amide bonds. The van der Waals surface area contributed by atoms with E-state index in [1.54, 1.807) is 12.1 Å². The predicted molar refractivity (Wildman–Crippen MR) is 132 cm³/mol. The van der Waals surface area contributed by atoms with Gasteiger partial charge in [-0.1, -0.05) is 19.1 Å². The van der Waals surface area contributed by atoms with Gasteiger partial charge in [0.1, 0.15) is 11.5 Å². The molecule has 10 nitrogen and oxygen atoms in total. The molecule has 0 radical (unpaired) electrons. The van der Waals surface area contributed by atoms with Crippen molar-refractivity contribution in [2.75, 3.05) is 7.11 Å². The molecule has 0 atom stereocenters. The van der Waals surface area contributed by atoms with Gasteiger partial charge in [-0.3, -0.25) is 24.0 Å². The molecule has 0 heterocycles. The monoisotopic (exact) mass is 518 g/mol. The normalized spacial score (nSPS) is 11.9. The summed E-state index contributed by atoms with van der Waals surface area (Å²) in [6, 6.07) is 7.03. The maximum atomic E-state index is 14.0. The summed E-state index contributed by atoms with van der Waals surface area (Å²) in [6.45, 7) is 5.19. The lowest BCUT2D eigenvalue weighted by Crippen LogP contribution is -2.25. The summed E-state index contributed by atoms with van der Waals surface area (Å²) in [4.78, 5) is 76.3. The van der Waals surface area contributed by atoms with Crippen LogP contribution in [0.25, 0.3) is 10.8 Å². The molecule has 4 rings (SSSR count). The number of carbonyl (C=O) groups excluding carboxylic acids is 6. The Labute approximate surface area is 216 Å². The second kappa shape index (κ2) is 9.89. The average Bonchev–Trinajstić information content (AvgIpc) is 2.85. The molecule has 0 unspecified atom stereocenters. The standard InChI is InChI=1S/C28H22O10/c1-6-15-7-8-16-17(21(15)28(34)35-5)11-18-22(27(16)38-14(4)31)26(33)24-20(37-13(3)30)10-9-19(36-12(2)29)23(24)25(18)32/h7-11H,6H2,1-5H3. The molecule has 0 aromatic heterocycles. The largest absolute Gasteiger partial charge is 0.465 e. The molecule has 0 N–H and O–H groups in total. The fourth-order valence-electron chi connectivity index (χ4n) is 4.53. The highest BCUT2D eigenvalue weighted by Gasteiger charge is 2.40. The first kappa shape index (κ1) is 26.2. The minimum atomic E-state index is -0.808. The summed E-state index contributed by atoms with van der Waals surface area (Å²) in [7, 11) is 1.21. The molecule has 3 aromatic carbocycles. The fourth-order valence-corrected chi connectivity index (χ4v) is 4.53. The summed E-state index contributed by atoms with van der Waals surface area (Å²) in [5, 5.41) is 0.437. The van der Waals surface area contributed by atoms with Crippen molar-refractivity contribution >= 4 is 46.2 Å². The molecule has 0 spiro atoms. The van der Waals surface area contributed by atoms with Crippen molar-refractivity contribution in [3.8, 4) is 17.2 Å². The third-order valence-electron chi connectivity index (χ3n) is 5.94. The molecule has 194 valence electrons. The number of benzene rings is 3. The number of rotatable bonds is 5. The van der Waals surface area contributed by atoms with Crippen LogP contribution in [0.1, 0.15) is 75.5 Å². The summed E-state index contributed by atoms with van der Waals surface area (Å²) in [6.07, 6.45) is 0.443. The van der Waals surface area contributed by atoms with Crippen molar-refractivity contribution in [3.05, 3.63) is 63.7 Å². The van der Waals surface area contributed by atoms with Crippen LogP contribution in [-0.4, -0.2) is 42.6 Å². The lowest BCUT2D eigenvalue weighted by molar-refractivity contribution is -0.133. The lowest BCUT2D eigenvalue weighted by atomic mass is 9.80. The molecule has 3 aromatic rings. The van der Waals surface area contributed by atoms with E-state index >= 15 is 0 Å². The van der Waals surface area contributed by atoms with E-state index in [-0.39, 0.29) is 55.8 Å². The summed E-state index contributed by atoms with van der Waals surface area (Å²) in [5.41, 5.74) is -0.357. The molecule has 10 heteroatoms. The number of ketones is 2. The number of esters is 4. The van der Waals surface area contributed by atoms with Crippen molar-refractivity contribution in [2.45, 2.75) is 34.1 Å². The Balaban J connectivity index is 2.17. The summed E-state index contributed by atoms with van der Waals surface area (Å²) >= 11 is 0. The van der Waals surface area contributed by atoms with Crippen LogP contribution in [0.5, 0.6) is 17.2 Å². The van der Waals surface area contributed by atoms with Gasteiger partial charge in [-0.05, 0) is 30.2 Å². The lowest BCUT2D eigenvalue weighted by Gasteiger charge is -2.25. The van der Waals surface area contributed by atoms with Crippen LogP contribution in [0.3, 0.4) is 0 Å². The molecule has 38 heavy (non-hydrogen) atoms.